The number of hydrogen-bond donors (Lipinski definition) is 7. The molecular formula is C35H34O14. The number of carboxylic acid groups (broad SMARTS) is 7. The van der Waals surface area contributed by atoms with E-state index in [4.69, 9.17) is 30.6 Å². The maximum absolute atomic E-state index is 11.3. The summed E-state index contributed by atoms with van der Waals surface area (Å²) >= 11 is 0. The highest BCUT2D eigenvalue weighted by Crippen LogP contribution is 2.28. The first-order valence-corrected chi connectivity index (χ1v) is 14.8. The molecule has 0 heterocycles. The predicted octanol–water partition coefficient (Wildman–Crippen LogP) is 6.55. The Hall–Kier alpha value is -6.31. The van der Waals surface area contributed by atoms with Gasteiger partial charge in [-0.25, -0.2) is 28.8 Å². The number of carbonyl (C=O) groups is 7. The van der Waals surface area contributed by atoms with Crippen molar-refractivity contribution in [2.75, 3.05) is 0 Å². The van der Waals surface area contributed by atoms with Crippen molar-refractivity contribution < 1.29 is 69.3 Å². The lowest BCUT2D eigenvalue weighted by atomic mass is 9.91. The average molecular weight is 679 g/mol. The Labute approximate surface area is 278 Å². The molecule has 4 rings (SSSR count). The number of aliphatic carboxylic acids is 1. The minimum Gasteiger partial charge on any atom is -0.481 e. The van der Waals surface area contributed by atoms with Crippen molar-refractivity contribution in [1.82, 2.24) is 0 Å². The van der Waals surface area contributed by atoms with Gasteiger partial charge in [0.15, 0.2) is 0 Å². The molecule has 1 unspecified atom stereocenters. The smallest absolute Gasteiger partial charge is 0.337 e. The van der Waals surface area contributed by atoms with Crippen LogP contribution in [0.15, 0.2) is 60.7 Å². The third-order valence-electron chi connectivity index (χ3n) is 7.33. The monoisotopic (exact) mass is 678 g/mol. The average Bonchev–Trinajstić information content (AvgIpc) is 3.05. The standard InChI is InChI=1S/C15H10O2.C11H6O10.C9H18O2/c16-15(17)13-7-3-5-11-9-8-10-4-1-2-6-12(10)14(11)13;12-7(13)2-1-3(8(14)15)5(10(18)19)6(11(20)21)4(2)9(16)17;1-3-4-5-8(2)6-7-9(10)11/h1-9H,(H,16,17);1H,(H,12,13)(H,14,15)(H,16,17)(H,18,19)(H,20,21);8H,3-7H2,1-2H3,(H,10,11). The van der Waals surface area contributed by atoms with E-state index in [2.05, 4.69) is 13.8 Å². The van der Waals surface area contributed by atoms with Crippen LogP contribution in [-0.4, -0.2) is 77.5 Å². The van der Waals surface area contributed by atoms with Crippen LogP contribution in [0, 0.1) is 5.92 Å². The first-order valence-electron chi connectivity index (χ1n) is 14.8. The second kappa shape index (κ2) is 17.6. The third kappa shape index (κ3) is 10.1. The van der Waals surface area contributed by atoms with Crippen molar-refractivity contribution in [2.45, 2.75) is 46.0 Å². The first-order chi connectivity index (χ1) is 23.0. The Bertz CT molecular complexity index is 1870. The molecule has 0 saturated heterocycles. The van der Waals surface area contributed by atoms with Gasteiger partial charge in [-0.2, -0.15) is 0 Å². The van der Waals surface area contributed by atoms with Gasteiger partial charge in [-0.05, 0) is 40.6 Å². The molecule has 0 bridgehead atoms. The molecule has 0 aromatic heterocycles. The predicted molar refractivity (Wildman–Crippen MR) is 175 cm³/mol. The lowest BCUT2D eigenvalue weighted by Crippen LogP contribution is -2.23. The lowest BCUT2D eigenvalue weighted by molar-refractivity contribution is -0.137. The molecule has 4 aromatic rings. The summed E-state index contributed by atoms with van der Waals surface area (Å²) in [4.78, 5) is 76.5. The number of fused-ring (bicyclic) bond motifs is 3. The van der Waals surface area contributed by atoms with Crippen molar-refractivity contribution in [3.05, 3.63) is 94.0 Å². The maximum Gasteiger partial charge on any atom is 0.337 e. The van der Waals surface area contributed by atoms with Gasteiger partial charge in [-0.15, -0.1) is 0 Å². The Morgan fingerprint density at radius 3 is 1.51 bits per heavy atom. The van der Waals surface area contributed by atoms with Gasteiger partial charge in [0.1, 0.15) is 0 Å². The summed E-state index contributed by atoms with van der Waals surface area (Å²) in [5, 5.41) is 66.0. The van der Waals surface area contributed by atoms with Crippen LogP contribution in [0.1, 0.15) is 108 Å². The van der Waals surface area contributed by atoms with E-state index in [0.717, 1.165) is 28.0 Å². The number of carboxylic acids is 7. The van der Waals surface area contributed by atoms with Crippen molar-refractivity contribution in [1.29, 1.82) is 0 Å². The van der Waals surface area contributed by atoms with E-state index in [1.54, 1.807) is 12.1 Å². The highest BCUT2D eigenvalue weighted by Gasteiger charge is 2.34. The molecule has 14 nitrogen and oxygen atoms in total. The molecule has 0 amide bonds. The van der Waals surface area contributed by atoms with Gasteiger partial charge in [0.05, 0.1) is 33.4 Å². The van der Waals surface area contributed by atoms with Crippen molar-refractivity contribution in [3.8, 4) is 0 Å². The van der Waals surface area contributed by atoms with Gasteiger partial charge in [-0.3, -0.25) is 4.79 Å². The first kappa shape index (κ1) is 38.9. The molecule has 0 aliphatic heterocycles. The highest BCUT2D eigenvalue weighted by molar-refractivity contribution is 6.18. The molecule has 7 N–H and O–H groups in total. The van der Waals surface area contributed by atoms with E-state index in [1.165, 1.54) is 19.3 Å². The minimum atomic E-state index is -2.07. The van der Waals surface area contributed by atoms with Gasteiger partial charge in [0, 0.05) is 11.8 Å². The number of rotatable bonds is 12. The van der Waals surface area contributed by atoms with E-state index in [-0.39, 0.29) is 0 Å². The molecule has 0 aliphatic carbocycles. The molecule has 0 spiro atoms. The van der Waals surface area contributed by atoms with Gasteiger partial charge < -0.3 is 35.7 Å². The highest BCUT2D eigenvalue weighted by atomic mass is 16.4. The van der Waals surface area contributed by atoms with Crippen molar-refractivity contribution >= 4 is 63.3 Å². The summed E-state index contributed by atoms with van der Waals surface area (Å²) in [5.74, 6) is -10.9. The minimum absolute atomic E-state index is 0.296. The summed E-state index contributed by atoms with van der Waals surface area (Å²) in [6.45, 7) is 4.28. The topological polar surface area (TPSA) is 261 Å². The van der Waals surface area contributed by atoms with Gasteiger partial charge in [-0.1, -0.05) is 81.6 Å². The molecule has 49 heavy (non-hydrogen) atoms. The van der Waals surface area contributed by atoms with Gasteiger partial charge in [0.2, 0.25) is 0 Å². The van der Waals surface area contributed by atoms with Crippen molar-refractivity contribution in [3.63, 3.8) is 0 Å². The fourth-order valence-electron chi connectivity index (χ4n) is 4.98. The summed E-state index contributed by atoms with van der Waals surface area (Å²) in [5.41, 5.74) is -5.94. The van der Waals surface area contributed by atoms with Crippen LogP contribution in [0.2, 0.25) is 0 Å². The van der Waals surface area contributed by atoms with Crippen LogP contribution in [-0.2, 0) is 4.79 Å². The van der Waals surface area contributed by atoms with Crippen LogP contribution >= 0.6 is 0 Å². The van der Waals surface area contributed by atoms with E-state index in [1.807, 2.05) is 42.5 Å². The normalized spacial score (nSPS) is 10.9. The Kier molecular flexibility index (Phi) is 13.9. The van der Waals surface area contributed by atoms with E-state index in [9.17, 15) is 38.7 Å². The molecule has 14 heteroatoms. The quantitative estimate of drug-likeness (QED) is 0.0784. The van der Waals surface area contributed by atoms with Crippen LogP contribution < -0.4 is 0 Å². The summed E-state index contributed by atoms with van der Waals surface area (Å²) < 4.78 is 0. The zero-order chi connectivity index (χ0) is 37.0. The van der Waals surface area contributed by atoms with Crippen LogP contribution in [0.4, 0.5) is 0 Å². The summed E-state index contributed by atoms with van der Waals surface area (Å²) in [6.07, 6.45) is 4.75. The zero-order valence-electron chi connectivity index (χ0n) is 26.4. The molecule has 0 fully saturated rings. The number of aromatic carboxylic acids is 6. The molecule has 0 aliphatic rings. The molecule has 258 valence electrons. The third-order valence-corrected chi connectivity index (χ3v) is 7.33. The lowest BCUT2D eigenvalue weighted by Gasteiger charge is -2.12. The Morgan fingerprint density at radius 1 is 0.551 bits per heavy atom. The van der Waals surface area contributed by atoms with E-state index < -0.39 is 69.6 Å². The summed E-state index contributed by atoms with van der Waals surface area (Å²) in [6, 6.07) is 17.5. The molecule has 4 aromatic carbocycles. The number of unbranched alkanes of at least 4 members (excludes halogenated alkanes) is 1. The maximum atomic E-state index is 11.3. The Balaban J connectivity index is 0.000000268. The largest absolute Gasteiger partial charge is 0.481 e. The van der Waals surface area contributed by atoms with Crippen LogP contribution in [0.5, 0.6) is 0 Å². The SMILES string of the molecule is CCCCC(C)CCC(=O)O.O=C(O)c1cc(C(=O)O)c(C(=O)O)c(C(=O)O)c1C(=O)O.O=C(O)c1cccc2ccc3ccccc3c12. The van der Waals surface area contributed by atoms with E-state index >= 15 is 0 Å². The number of hydrogen-bond acceptors (Lipinski definition) is 7. The van der Waals surface area contributed by atoms with Crippen LogP contribution in [0.25, 0.3) is 21.5 Å². The second-order valence-corrected chi connectivity index (χ2v) is 10.8. The second-order valence-electron chi connectivity index (χ2n) is 10.8. The van der Waals surface area contributed by atoms with Gasteiger partial charge in [0.25, 0.3) is 0 Å². The summed E-state index contributed by atoms with van der Waals surface area (Å²) in [7, 11) is 0. The fraction of sp³-hybridized carbons (Fsp3) is 0.229. The number of benzene rings is 4. The fourth-order valence-corrected chi connectivity index (χ4v) is 4.98. The molecule has 0 saturated carbocycles. The van der Waals surface area contributed by atoms with Gasteiger partial charge >= 0.3 is 41.8 Å². The zero-order valence-corrected chi connectivity index (χ0v) is 26.4. The molecule has 0 radical (unpaired) electrons. The molecule has 1 atom stereocenters. The van der Waals surface area contributed by atoms with E-state index in [0.29, 0.717) is 24.0 Å². The Morgan fingerprint density at radius 2 is 1.04 bits per heavy atom. The van der Waals surface area contributed by atoms with Crippen molar-refractivity contribution in [2.24, 2.45) is 5.92 Å². The molecular weight excluding hydrogens is 644 g/mol. The van der Waals surface area contributed by atoms with Crippen LogP contribution in [0.3, 0.4) is 0 Å².